The number of rotatable bonds is 4. The van der Waals surface area contributed by atoms with E-state index in [0.29, 0.717) is 0 Å². The van der Waals surface area contributed by atoms with Gasteiger partial charge in [-0.05, 0) is 17.5 Å². The van der Waals surface area contributed by atoms with Gasteiger partial charge in [0.2, 0.25) is 0 Å². The highest BCUT2D eigenvalue weighted by atomic mass is 79.9. The van der Waals surface area contributed by atoms with Crippen LogP contribution in [0.5, 0.6) is 0 Å². The lowest BCUT2D eigenvalue weighted by molar-refractivity contribution is -0.136. The van der Waals surface area contributed by atoms with Crippen LogP contribution < -0.4 is 5.32 Å². The molecule has 0 bridgehead atoms. The lowest BCUT2D eigenvalue weighted by Crippen LogP contribution is -2.26. The Kier molecular flexibility index (Phi) is 3.67. The minimum atomic E-state index is -0.947. The summed E-state index contributed by atoms with van der Waals surface area (Å²) in [5.74, 6) is -0.947. The van der Waals surface area contributed by atoms with Crippen molar-refractivity contribution >= 4 is 38.4 Å². The highest BCUT2D eigenvalue weighted by Gasteiger charge is 2.14. The number of nitrogens with one attached hydrogen (secondary N) is 1. The number of anilines is 1. The number of hydrogen-bond donors (Lipinski definition) is 2. The van der Waals surface area contributed by atoms with E-state index in [0.717, 1.165) is 20.9 Å². The minimum absolute atomic E-state index is 0.779. The van der Waals surface area contributed by atoms with E-state index in [1.165, 1.54) is 6.08 Å². The monoisotopic (exact) mass is 305 g/mol. The van der Waals surface area contributed by atoms with Crippen molar-refractivity contribution in [1.82, 2.24) is 0 Å². The van der Waals surface area contributed by atoms with Crippen LogP contribution in [0.4, 0.5) is 5.69 Å². The fourth-order valence-electron chi connectivity index (χ4n) is 1.78. The van der Waals surface area contributed by atoms with Gasteiger partial charge in [0.15, 0.2) is 0 Å². The van der Waals surface area contributed by atoms with Crippen molar-refractivity contribution in [2.45, 2.75) is 6.04 Å². The summed E-state index contributed by atoms with van der Waals surface area (Å²) in [7, 11) is 0. The molecule has 0 fully saturated rings. The highest BCUT2D eigenvalue weighted by molar-refractivity contribution is 9.10. The molecule has 0 aromatic heterocycles. The van der Waals surface area contributed by atoms with E-state index in [1.54, 1.807) is 0 Å². The van der Waals surface area contributed by atoms with Crippen LogP contribution in [0.15, 0.2) is 53.5 Å². The SMILES string of the molecule is C=CC(Nc1ccc(Br)c2ccccc12)C(=O)O. The predicted molar refractivity (Wildman–Crippen MR) is 76.9 cm³/mol. The number of aliphatic carboxylic acids is 1. The van der Waals surface area contributed by atoms with Crippen molar-refractivity contribution in [2.24, 2.45) is 0 Å². The molecule has 0 saturated heterocycles. The molecule has 0 heterocycles. The molecule has 2 rings (SSSR count). The number of hydrogen-bond acceptors (Lipinski definition) is 2. The van der Waals surface area contributed by atoms with E-state index in [-0.39, 0.29) is 0 Å². The quantitative estimate of drug-likeness (QED) is 0.848. The predicted octanol–water partition coefficient (Wildman–Crippen LogP) is 3.65. The number of carboxylic acids is 1. The first-order valence-electron chi connectivity index (χ1n) is 5.42. The Labute approximate surface area is 113 Å². The largest absolute Gasteiger partial charge is 0.479 e. The maximum Gasteiger partial charge on any atom is 0.330 e. The van der Waals surface area contributed by atoms with Gasteiger partial charge in [-0.2, -0.15) is 0 Å². The minimum Gasteiger partial charge on any atom is -0.479 e. The number of carboxylic acid groups (broad SMARTS) is 1. The fraction of sp³-hybridized carbons (Fsp3) is 0.0714. The second kappa shape index (κ2) is 5.23. The lowest BCUT2D eigenvalue weighted by atomic mass is 10.1. The standard InChI is InChI=1S/C14H12BrNO2/c1-2-12(14(17)18)16-13-8-7-11(15)9-5-3-4-6-10(9)13/h2-8,12,16H,1H2,(H,17,18). The summed E-state index contributed by atoms with van der Waals surface area (Å²) in [6, 6.07) is 10.7. The Morgan fingerprint density at radius 2 is 1.94 bits per heavy atom. The molecule has 2 N–H and O–H groups in total. The van der Waals surface area contributed by atoms with Crippen LogP contribution >= 0.6 is 15.9 Å². The van der Waals surface area contributed by atoms with Gasteiger partial charge in [0.1, 0.15) is 6.04 Å². The molecule has 0 aliphatic rings. The summed E-state index contributed by atoms with van der Waals surface area (Å²) in [4.78, 5) is 11.0. The fourth-order valence-corrected chi connectivity index (χ4v) is 2.26. The Morgan fingerprint density at radius 1 is 1.28 bits per heavy atom. The van der Waals surface area contributed by atoms with Crippen molar-refractivity contribution in [3.63, 3.8) is 0 Å². The Bertz CT molecular complexity index is 610. The third kappa shape index (κ3) is 2.38. The molecule has 0 amide bonds. The first-order chi connectivity index (χ1) is 8.63. The Balaban J connectivity index is 2.49. The summed E-state index contributed by atoms with van der Waals surface area (Å²) in [5, 5.41) is 14.0. The van der Waals surface area contributed by atoms with Gasteiger partial charge in [0.25, 0.3) is 0 Å². The molecule has 0 saturated carbocycles. The van der Waals surface area contributed by atoms with Crippen molar-refractivity contribution in [2.75, 3.05) is 5.32 Å². The number of carbonyl (C=O) groups is 1. The maximum atomic E-state index is 11.0. The lowest BCUT2D eigenvalue weighted by Gasteiger charge is -2.14. The van der Waals surface area contributed by atoms with E-state index in [2.05, 4.69) is 27.8 Å². The van der Waals surface area contributed by atoms with Crippen LogP contribution in [0, 0.1) is 0 Å². The zero-order valence-electron chi connectivity index (χ0n) is 9.56. The Morgan fingerprint density at radius 3 is 2.56 bits per heavy atom. The van der Waals surface area contributed by atoms with Gasteiger partial charge in [-0.3, -0.25) is 0 Å². The second-order valence-corrected chi connectivity index (χ2v) is 4.69. The molecule has 0 aliphatic carbocycles. The molecular formula is C14H12BrNO2. The molecule has 2 aromatic rings. The summed E-state index contributed by atoms with van der Waals surface area (Å²) in [5.41, 5.74) is 0.779. The van der Waals surface area contributed by atoms with E-state index < -0.39 is 12.0 Å². The smallest absolute Gasteiger partial charge is 0.330 e. The van der Waals surface area contributed by atoms with Crippen LogP contribution in [-0.2, 0) is 4.79 Å². The average Bonchev–Trinajstić information content (AvgIpc) is 2.38. The molecule has 4 heteroatoms. The summed E-state index contributed by atoms with van der Waals surface area (Å²) in [6.45, 7) is 3.52. The van der Waals surface area contributed by atoms with Crippen molar-refractivity contribution < 1.29 is 9.90 Å². The molecular weight excluding hydrogens is 294 g/mol. The van der Waals surface area contributed by atoms with Crippen LogP contribution in [0.2, 0.25) is 0 Å². The third-order valence-electron chi connectivity index (χ3n) is 2.68. The van der Waals surface area contributed by atoms with E-state index in [9.17, 15) is 4.79 Å². The number of halogens is 1. The maximum absolute atomic E-state index is 11.0. The molecule has 1 unspecified atom stereocenters. The molecule has 92 valence electrons. The molecule has 3 nitrogen and oxygen atoms in total. The van der Waals surface area contributed by atoms with Crippen LogP contribution in [-0.4, -0.2) is 17.1 Å². The van der Waals surface area contributed by atoms with Gasteiger partial charge in [-0.15, -0.1) is 6.58 Å². The second-order valence-electron chi connectivity index (χ2n) is 3.84. The molecule has 0 spiro atoms. The number of fused-ring (bicyclic) bond motifs is 1. The van der Waals surface area contributed by atoms with Crippen LogP contribution in [0.1, 0.15) is 0 Å². The van der Waals surface area contributed by atoms with Gasteiger partial charge < -0.3 is 10.4 Å². The van der Waals surface area contributed by atoms with Crippen molar-refractivity contribution in [3.05, 3.63) is 53.5 Å². The van der Waals surface area contributed by atoms with Crippen molar-refractivity contribution in [1.29, 1.82) is 0 Å². The molecule has 1 atom stereocenters. The zero-order valence-corrected chi connectivity index (χ0v) is 11.1. The molecule has 18 heavy (non-hydrogen) atoms. The zero-order chi connectivity index (χ0) is 13.1. The first kappa shape index (κ1) is 12.6. The van der Waals surface area contributed by atoms with Gasteiger partial charge >= 0.3 is 5.97 Å². The molecule has 2 aromatic carbocycles. The summed E-state index contributed by atoms with van der Waals surface area (Å²) < 4.78 is 0.981. The molecule has 0 radical (unpaired) electrons. The van der Waals surface area contributed by atoms with Crippen LogP contribution in [0.25, 0.3) is 10.8 Å². The van der Waals surface area contributed by atoms with Gasteiger partial charge in [-0.25, -0.2) is 4.79 Å². The topological polar surface area (TPSA) is 49.3 Å². The first-order valence-corrected chi connectivity index (χ1v) is 6.22. The average molecular weight is 306 g/mol. The highest BCUT2D eigenvalue weighted by Crippen LogP contribution is 2.30. The van der Waals surface area contributed by atoms with Gasteiger partial charge in [-0.1, -0.05) is 46.3 Å². The molecule has 0 aliphatic heterocycles. The Hall–Kier alpha value is -1.81. The summed E-state index contributed by atoms with van der Waals surface area (Å²) in [6.07, 6.45) is 1.37. The van der Waals surface area contributed by atoms with Gasteiger partial charge in [0.05, 0.1) is 0 Å². The summed E-state index contributed by atoms with van der Waals surface area (Å²) >= 11 is 3.48. The normalized spacial score (nSPS) is 12.1. The van der Waals surface area contributed by atoms with Gasteiger partial charge in [0, 0.05) is 15.5 Å². The van der Waals surface area contributed by atoms with Crippen molar-refractivity contribution in [3.8, 4) is 0 Å². The van der Waals surface area contributed by atoms with E-state index in [1.807, 2.05) is 36.4 Å². The van der Waals surface area contributed by atoms with E-state index >= 15 is 0 Å². The van der Waals surface area contributed by atoms with Crippen LogP contribution in [0.3, 0.4) is 0 Å². The third-order valence-corrected chi connectivity index (χ3v) is 3.38. The van der Waals surface area contributed by atoms with E-state index in [4.69, 9.17) is 5.11 Å². The number of benzene rings is 2.